The van der Waals surface area contributed by atoms with Crippen LogP contribution in [0.3, 0.4) is 0 Å². The van der Waals surface area contributed by atoms with Crippen molar-refractivity contribution >= 4 is 39.7 Å². The Labute approximate surface area is 131 Å². The topological polar surface area (TPSA) is 58.1 Å². The summed E-state index contributed by atoms with van der Waals surface area (Å²) in [4.78, 5) is 31.6. The molecule has 5 nitrogen and oxygen atoms in total. The Morgan fingerprint density at radius 1 is 1.48 bits per heavy atom. The third kappa shape index (κ3) is 2.34. The van der Waals surface area contributed by atoms with Gasteiger partial charge in [-0.2, -0.15) is 0 Å². The second kappa shape index (κ2) is 5.38. The molecule has 2 heterocycles. The number of nitrogens with zero attached hydrogens (tertiary/aromatic N) is 2. The maximum absolute atomic E-state index is 12.7. The van der Waals surface area contributed by atoms with Crippen LogP contribution in [0.4, 0.5) is 0 Å². The second-order valence-electron chi connectivity index (χ2n) is 5.29. The van der Waals surface area contributed by atoms with Gasteiger partial charge in [-0.05, 0) is 44.0 Å². The summed E-state index contributed by atoms with van der Waals surface area (Å²) >= 11 is 6.88. The number of hydrogen-bond donors (Lipinski definition) is 1. The number of amides is 1. The van der Waals surface area contributed by atoms with Crippen molar-refractivity contribution in [2.24, 2.45) is 0 Å². The zero-order valence-electron chi connectivity index (χ0n) is 12.1. The number of carbonyl (C=O) groups is 1. The maximum Gasteiger partial charge on any atom is 0.263 e. The highest BCUT2D eigenvalue weighted by atomic mass is 32.1. The normalized spacial score (nSPS) is 13.6. The Hall–Kier alpha value is -1.47. The Balaban J connectivity index is 2.13. The van der Waals surface area contributed by atoms with Gasteiger partial charge in [0.2, 0.25) is 5.91 Å². The van der Waals surface area contributed by atoms with Crippen LogP contribution in [0.1, 0.15) is 23.8 Å². The van der Waals surface area contributed by atoms with E-state index < -0.39 is 0 Å². The molecular weight excluding hydrogens is 306 g/mol. The van der Waals surface area contributed by atoms with Gasteiger partial charge in [-0.3, -0.25) is 14.2 Å². The summed E-state index contributed by atoms with van der Waals surface area (Å²) in [5.41, 5.74) is 1.02. The van der Waals surface area contributed by atoms with Gasteiger partial charge in [0.15, 0.2) is 4.77 Å². The Morgan fingerprint density at radius 2 is 2.24 bits per heavy atom. The van der Waals surface area contributed by atoms with Crippen molar-refractivity contribution in [3.8, 4) is 0 Å². The van der Waals surface area contributed by atoms with Gasteiger partial charge in [-0.25, -0.2) is 0 Å². The standard InChI is InChI=1S/C14H17N3O2S2/c1-3-16(2)10(18)7-17-13(19)11-8-5-4-6-9(8)21-12(11)15-14(17)20/h3-7H2,1-2H3,(H,15,20). The smallest absolute Gasteiger partial charge is 0.263 e. The number of likely N-dealkylation sites (N-methyl/N-ethyl adjacent to an activating group) is 1. The van der Waals surface area contributed by atoms with Gasteiger partial charge in [0.05, 0.1) is 5.39 Å². The van der Waals surface area contributed by atoms with Gasteiger partial charge in [-0.15, -0.1) is 11.3 Å². The summed E-state index contributed by atoms with van der Waals surface area (Å²) in [7, 11) is 1.72. The van der Waals surface area contributed by atoms with Crippen LogP contribution in [0, 0.1) is 4.77 Å². The molecule has 0 aliphatic heterocycles. The lowest BCUT2D eigenvalue weighted by atomic mass is 10.2. The quantitative estimate of drug-likeness (QED) is 0.880. The monoisotopic (exact) mass is 323 g/mol. The molecule has 0 fully saturated rings. The molecule has 1 amide bonds. The van der Waals surface area contributed by atoms with E-state index in [4.69, 9.17) is 12.2 Å². The summed E-state index contributed by atoms with van der Waals surface area (Å²) in [6, 6.07) is 0. The third-order valence-corrected chi connectivity index (χ3v) is 5.57. The van der Waals surface area contributed by atoms with E-state index in [1.807, 2.05) is 6.92 Å². The van der Waals surface area contributed by atoms with E-state index in [1.165, 1.54) is 9.44 Å². The highest BCUT2D eigenvalue weighted by Crippen LogP contribution is 2.34. The van der Waals surface area contributed by atoms with Gasteiger partial charge in [0, 0.05) is 18.5 Å². The minimum absolute atomic E-state index is 0.000926. The summed E-state index contributed by atoms with van der Waals surface area (Å²) in [6.45, 7) is 2.51. The number of aromatic nitrogens is 2. The van der Waals surface area contributed by atoms with Crippen LogP contribution >= 0.6 is 23.6 Å². The van der Waals surface area contributed by atoms with Crippen molar-refractivity contribution in [3.05, 3.63) is 25.6 Å². The number of thiophene rings is 1. The van der Waals surface area contributed by atoms with Crippen LogP contribution in [0.25, 0.3) is 10.2 Å². The molecule has 2 aromatic heterocycles. The molecule has 21 heavy (non-hydrogen) atoms. The van der Waals surface area contributed by atoms with E-state index in [-0.39, 0.29) is 18.0 Å². The van der Waals surface area contributed by atoms with E-state index in [0.717, 1.165) is 35.0 Å². The first-order valence-corrected chi connectivity index (χ1v) is 8.26. The van der Waals surface area contributed by atoms with Gasteiger partial charge in [0.1, 0.15) is 11.4 Å². The molecule has 7 heteroatoms. The molecule has 0 radical (unpaired) electrons. The van der Waals surface area contributed by atoms with Gasteiger partial charge in [-0.1, -0.05) is 0 Å². The minimum Gasteiger partial charge on any atom is -0.344 e. The lowest BCUT2D eigenvalue weighted by Gasteiger charge is -2.15. The fourth-order valence-electron chi connectivity index (χ4n) is 2.69. The number of hydrogen-bond acceptors (Lipinski definition) is 4. The average Bonchev–Trinajstić information content (AvgIpc) is 3.02. The number of fused-ring (bicyclic) bond motifs is 3. The zero-order chi connectivity index (χ0) is 15.1. The molecule has 0 aromatic carbocycles. The fraction of sp³-hybridized carbons (Fsp3) is 0.500. The fourth-order valence-corrected chi connectivity index (χ4v) is 4.28. The highest BCUT2D eigenvalue weighted by Gasteiger charge is 2.22. The molecule has 1 N–H and O–H groups in total. The Kier molecular flexibility index (Phi) is 3.71. The Bertz CT molecular complexity index is 831. The van der Waals surface area contributed by atoms with Crippen LogP contribution in [-0.4, -0.2) is 34.0 Å². The maximum atomic E-state index is 12.7. The number of nitrogens with one attached hydrogen (secondary N) is 1. The molecule has 1 aliphatic carbocycles. The third-order valence-electron chi connectivity index (χ3n) is 4.04. The largest absolute Gasteiger partial charge is 0.344 e. The summed E-state index contributed by atoms with van der Waals surface area (Å²) in [6.07, 6.45) is 3.08. The molecule has 3 rings (SSSR count). The van der Waals surface area contributed by atoms with Gasteiger partial charge < -0.3 is 9.88 Å². The molecule has 0 bridgehead atoms. The first-order chi connectivity index (χ1) is 10.0. The van der Waals surface area contributed by atoms with Crippen molar-refractivity contribution in [1.29, 1.82) is 0 Å². The zero-order valence-corrected chi connectivity index (χ0v) is 13.7. The summed E-state index contributed by atoms with van der Waals surface area (Å²) in [5.74, 6) is -0.106. The number of aryl methyl sites for hydroxylation is 2. The van der Waals surface area contributed by atoms with E-state index >= 15 is 0 Å². The summed E-state index contributed by atoms with van der Waals surface area (Å²) < 4.78 is 1.71. The van der Waals surface area contributed by atoms with E-state index in [2.05, 4.69) is 4.98 Å². The minimum atomic E-state index is -0.133. The predicted molar refractivity (Wildman–Crippen MR) is 86.6 cm³/mol. The molecule has 0 spiro atoms. The van der Waals surface area contributed by atoms with Crippen molar-refractivity contribution in [3.63, 3.8) is 0 Å². The predicted octanol–water partition coefficient (Wildman–Crippen LogP) is 2.09. The SMILES string of the molecule is CCN(C)C(=O)Cn1c(=S)[nH]c2sc3c(c2c1=O)CCC3. The van der Waals surface area contributed by atoms with E-state index in [9.17, 15) is 9.59 Å². The Morgan fingerprint density at radius 3 is 2.95 bits per heavy atom. The van der Waals surface area contributed by atoms with Gasteiger partial charge >= 0.3 is 0 Å². The van der Waals surface area contributed by atoms with Crippen molar-refractivity contribution < 1.29 is 4.79 Å². The van der Waals surface area contributed by atoms with Crippen molar-refractivity contribution in [2.45, 2.75) is 32.7 Å². The molecule has 0 saturated carbocycles. The van der Waals surface area contributed by atoms with Crippen LogP contribution in [0.2, 0.25) is 0 Å². The molecule has 0 unspecified atom stereocenters. The lowest BCUT2D eigenvalue weighted by Crippen LogP contribution is -2.34. The average molecular weight is 323 g/mol. The number of H-pyrrole nitrogens is 1. The van der Waals surface area contributed by atoms with Crippen LogP contribution in [0.5, 0.6) is 0 Å². The van der Waals surface area contributed by atoms with Crippen molar-refractivity contribution in [2.75, 3.05) is 13.6 Å². The molecule has 2 aromatic rings. The van der Waals surface area contributed by atoms with E-state index in [0.29, 0.717) is 11.3 Å². The van der Waals surface area contributed by atoms with Crippen LogP contribution < -0.4 is 5.56 Å². The first-order valence-electron chi connectivity index (χ1n) is 7.04. The van der Waals surface area contributed by atoms with Crippen molar-refractivity contribution in [1.82, 2.24) is 14.5 Å². The van der Waals surface area contributed by atoms with Crippen LogP contribution in [-0.2, 0) is 24.2 Å². The second-order valence-corrected chi connectivity index (χ2v) is 6.78. The number of rotatable bonds is 3. The van der Waals surface area contributed by atoms with E-state index in [1.54, 1.807) is 23.3 Å². The molecular formula is C14H17N3O2S2. The molecule has 112 valence electrons. The first kappa shape index (κ1) is 14.5. The highest BCUT2D eigenvalue weighted by molar-refractivity contribution is 7.71. The number of carbonyl (C=O) groups excluding carboxylic acids is 1. The molecule has 0 saturated heterocycles. The molecule has 1 aliphatic rings. The lowest BCUT2D eigenvalue weighted by molar-refractivity contribution is -0.130. The molecule has 0 atom stereocenters. The van der Waals surface area contributed by atoms with Gasteiger partial charge in [0.25, 0.3) is 5.56 Å². The summed E-state index contributed by atoms with van der Waals surface area (Å²) in [5, 5.41) is 0.730. The van der Waals surface area contributed by atoms with Crippen LogP contribution in [0.15, 0.2) is 4.79 Å². The number of aromatic amines is 1.